The highest BCUT2D eigenvalue weighted by molar-refractivity contribution is 7.07. The van der Waals surface area contributed by atoms with Crippen molar-refractivity contribution in [3.05, 3.63) is 46.9 Å². The van der Waals surface area contributed by atoms with E-state index in [-0.39, 0.29) is 0 Å². The van der Waals surface area contributed by atoms with Gasteiger partial charge in [0.2, 0.25) is 0 Å². The maximum Gasteiger partial charge on any atom is 0.0791 e. The zero-order valence-electron chi connectivity index (χ0n) is 7.47. The van der Waals surface area contributed by atoms with Gasteiger partial charge < -0.3 is 5.73 Å². The van der Waals surface area contributed by atoms with Crippen molar-refractivity contribution in [3.63, 3.8) is 0 Å². The monoisotopic (exact) mass is 192 g/mol. The summed E-state index contributed by atoms with van der Waals surface area (Å²) in [6.45, 7) is 2.02. The number of benzene rings is 1. The molecule has 2 rings (SSSR count). The number of hydrogen-bond donors (Lipinski definition) is 1. The van der Waals surface area contributed by atoms with Gasteiger partial charge in [-0.1, -0.05) is 12.1 Å². The van der Waals surface area contributed by atoms with E-state index in [2.05, 4.69) is 4.98 Å². The quantitative estimate of drug-likeness (QED) is 0.652. The first-order chi connectivity index (χ1) is 6.29. The van der Waals surface area contributed by atoms with Crippen LogP contribution in [-0.2, 0) is 0 Å². The Morgan fingerprint density at radius 3 is 2.54 bits per heavy atom. The number of thiazole rings is 1. The SMILES string of the molecule is Cc1cccc(N)c1.c1cscn1. The molecule has 13 heavy (non-hydrogen) atoms. The van der Waals surface area contributed by atoms with Crippen LogP contribution in [0.5, 0.6) is 0 Å². The lowest BCUT2D eigenvalue weighted by molar-refractivity contribution is 1.43. The van der Waals surface area contributed by atoms with Gasteiger partial charge in [0.25, 0.3) is 0 Å². The van der Waals surface area contributed by atoms with Crippen LogP contribution in [-0.4, -0.2) is 4.98 Å². The topological polar surface area (TPSA) is 38.9 Å². The lowest BCUT2D eigenvalue weighted by atomic mass is 10.2. The summed E-state index contributed by atoms with van der Waals surface area (Å²) in [6, 6.07) is 7.80. The van der Waals surface area contributed by atoms with E-state index in [4.69, 9.17) is 5.73 Å². The van der Waals surface area contributed by atoms with Gasteiger partial charge in [-0.2, -0.15) is 0 Å². The lowest BCUT2D eigenvalue weighted by Crippen LogP contribution is -1.82. The highest BCUT2D eigenvalue weighted by Crippen LogP contribution is 2.03. The van der Waals surface area contributed by atoms with Gasteiger partial charge >= 0.3 is 0 Å². The lowest BCUT2D eigenvalue weighted by Gasteiger charge is -1.91. The molecule has 0 fully saturated rings. The molecule has 0 bridgehead atoms. The van der Waals surface area contributed by atoms with Gasteiger partial charge in [-0.25, -0.2) is 0 Å². The first-order valence-electron chi connectivity index (χ1n) is 3.93. The molecule has 0 spiro atoms. The van der Waals surface area contributed by atoms with Crippen LogP contribution >= 0.6 is 11.3 Å². The fourth-order valence-corrected chi connectivity index (χ4v) is 1.20. The van der Waals surface area contributed by atoms with E-state index in [1.807, 2.05) is 36.6 Å². The molecule has 0 unspecified atom stereocenters. The van der Waals surface area contributed by atoms with Crippen molar-refractivity contribution in [2.75, 3.05) is 5.73 Å². The molecule has 0 aliphatic rings. The van der Waals surface area contributed by atoms with Crippen LogP contribution in [0.3, 0.4) is 0 Å². The predicted molar refractivity (Wildman–Crippen MR) is 57.7 cm³/mol. The third-order valence-corrected chi connectivity index (χ3v) is 1.91. The summed E-state index contributed by atoms with van der Waals surface area (Å²) in [5, 5.41) is 1.93. The highest BCUT2D eigenvalue weighted by Gasteiger charge is 1.81. The summed E-state index contributed by atoms with van der Waals surface area (Å²) < 4.78 is 0. The second-order valence-corrected chi connectivity index (χ2v) is 3.35. The fourth-order valence-electron chi connectivity index (χ4n) is 0.846. The Labute approximate surface area is 82.1 Å². The van der Waals surface area contributed by atoms with E-state index >= 15 is 0 Å². The number of nitrogens with two attached hydrogens (primary N) is 1. The third-order valence-electron chi connectivity index (χ3n) is 1.39. The molecule has 0 aliphatic carbocycles. The van der Waals surface area contributed by atoms with Gasteiger partial charge in [0.15, 0.2) is 0 Å². The Bertz CT molecular complexity index is 296. The van der Waals surface area contributed by atoms with Crippen LogP contribution in [0.4, 0.5) is 5.69 Å². The molecule has 1 aromatic carbocycles. The minimum atomic E-state index is 0.838. The molecule has 3 heteroatoms. The van der Waals surface area contributed by atoms with Crippen LogP contribution < -0.4 is 5.73 Å². The second-order valence-electron chi connectivity index (χ2n) is 2.59. The Morgan fingerprint density at radius 1 is 1.38 bits per heavy atom. The molecule has 2 N–H and O–H groups in total. The first-order valence-corrected chi connectivity index (χ1v) is 4.87. The fraction of sp³-hybridized carbons (Fsp3) is 0.100. The van der Waals surface area contributed by atoms with Crippen molar-refractivity contribution in [2.45, 2.75) is 6.92 Å². The molecular weight excluding hydrogens is 180 g/mol. The molecule has 0 atom stereocenters. The average molecular weight is 192 g/mol. The molecule has 1 aromatic heterocycles. The smallest absolute Gasteiger partial charge is 0.0791 e. The van der Waals surface area contributed by atoms with Gasteiger partial charge in [0.1, 0.15) is 0 Å². The maximum atomic E-state index is 5.46. The van der Waals surface area contributed by atoms with Gasteiger partial charge in [-0.15, -0.1) is 11.3 Å². The number of nitrogen functional groups attached to an aromatic ring is 1. The van der Waals surface area contributed by atoms with Crippen LogP contribution in [0, 0.1) is 6.92 Å². The number of rotatable bonds is 0. The molecular formula is C10H12N2S. The van der Waals surface area contributed by atoms with Crippen molar-refractivity contribution in [3.8, 4) is 0 Å². The van der Waals surface area contributed by atoms with E-state index in [0.717, 1.165) is 5.69 Å². The zero-order chi connectivity index (χ0) is 9.52. The van der Waals surface area contributed by atoms with Crippen molar-refractivity contribution in [1.29, 1.82) is 0 Å². The Hall–Kier alpha value is -1.35. The minimum absolute atomic E-state index is 0.838. The average Bonchev–Trinajstić information content (AvgIpc) is 2.59. The van der Waals surface area contributed by atoms with Crippen molar-refractivity contribution >= 4 is 17.0 Å². The molecule has 0 radical (unpaired) electrons. The van der Waals surface area contributed by atoms with Crippen LogP contribution in [0.2, 0.25) is 0 Å². The zero-order valence-corrected chi connectivity index (χ0v) is 8.29. The molecule has 1 heterocycles. The molecule has 0 aliphatic heterocycles. The predicted octanol–water partition coefficient (Wildman–Crippen LogP) is 2.72. The Morgan fingerprint density at radius 2 is 2.23 bits per heavy atom. The summed E-state index contributed by atoms with van der Waals surface area (Å²) in [5.41, 5.74) is 9.30. The van der Waals surface area contributed by atoms with Gasteiger partial charge in [-0.05, 0) is 24.6 Å². The largest absolute Gasteiger partial charge is 0.399 e. The summed E-state index contributed by atoms with van der Waals surface area (Å²) in [6.07, 6.45) is 1.77. The molecule has 2 nitrogen and oxygen atoms in total. The van der Waals surface area contributed by atoms with Gasteiger partial charge in [0, 0.05) is 17.3 Å². The number of aromatic nitrogens is 1. The normalized spacial score (nSPS) is 8.69. The Balaban J connectivity index is 0.000000145. The number of hydrogen-bond acceptors (Lipinski definition) is 3. The highest BCUT2D eigenvalue weighted by atomic mass is 32.1. The molecule has 0 amide bonds. The summed E-state index contributed by atoms with van der Waals surface area (Å²) >= 11 is 1.60. The number of anilines is 1. The molecule has 0 saturated heterocycles. The van der Waals surface area contributed by atoms with Crippen molar-refractivity contribution < 1.29 is 0 Å². The van der Waals surface area contributed by atoms with E-state index in [9.17, 15) is 0 Å². The van der Waals surface area contributed by atoms with E-state index < -0.39 is 0 Å². The molecule has 0 saturated carbocycles. The maximum absolute atomic E-state index is 5.46. The number of aryl methyl sites for hydroxylation is 1. The molecule has 2 aromatic rings. The first kappa shape index (κ1) is 9.74. The summed E-state index contributed by atoms with van der Waals surface area (Å²) in [5.74, 6) is 0. The summed E-state index contributed by atoms with van der Waals surface area (Å²) in [7, 11) is 0. The molecule has 68 valence electrons. The van der Waals surface area contributed by atoms with Crippen LogP contribution in [0.25, 0.3) is 0 Å². The number of nitrogens with zero attached hydrogens (tertiary/aromatic N) is 1. The summed E-state index contributed by atoms with van der Waals surface area (Å²) in [4.78, 5) is 3.74. The van der Waals surface area contributed by atoms with E-state index in [1.165, 1.54) is 5.56 Å². The Kier molecular flexibility index (Phi) is 3.99. The van der Waals surface area contributed by atoms with E-state index in [1.54, 1.807) is 23.0 Å². The van der Waals surface area contributed by atoms with Crippen molar-refractivity contribution in [1.82, 2.24) is 4.98 Å². The third kappa shape index (κ3) is 4.28. The standard InChI is InChI=1S/C7H9N.C3H3NS/c1-6-3-2-4-7(8)5-6;1-2-5-3-4-1/h2-5H,8H2,1H3;1-3H. The van der Waals surface area contributed by atoms with Crippen LogP contribution in [0.1, 0.15) is 5.56 Å². The van der Waals surface area contributed by atoms with E-state index in [0.29, 0.717) is 0 Å². The van der Waals surface area contributed by atoms with Gasteiger partial charge in [-0.3, -0.25) is 4.98 Å². The van der Waals surface area contributed by atoms with Crippen LogP contribution in [0.15, 0.2) is 41.4 Å². The second kappa shape index (κ2) is 5.32. The van der Waals surface area contributed by atoms with Gasteiger partial charge in [0.05, 0.1) is 5.51 Å². The van der Waals surface area contributed by atoms with Crippen molar-refractivity contribution in [2.24, 2.45) is 0 Å². The minimum Gasteiger partial charge on any atom is -0.399 e.